The molecule has 0 fully saturated rings. The Morgan fingerprint density at radius 1 is 1.27 bits per heavy atom. The van der Waals surface area contributed by atoms with E-state index in [1.807, 2.05) is 12.2 Å². The second kappa shape index (κ2) is 8.49. The predicted octanol–water partition coefficient (Wildman–Crippen LogP) is 4.47. The highest BCUT2D eigenvalue weighted by molar-refractivity contribution is 5.92. The number of carbonyl (C=O) groups excluding carboxylic acids is 1. The summed E-state index contributed by atoms with van der Waals surface area (Å²) >= 11 is 0. The van der Waals surface area contributed by atoms with Gasteiger partial charge in [-0.05, 0) is 38.8 Å². The first-order chi connectivity index (χ1) is 15.6. The van der Waals surface area contributed by atoms with E-state index in [2.05, 4.69) is 30.6 Å². The molecule has 0 unspecified atom stereocenters. The topological polar surface area (TPSA) is 95.6 Å². The minimum atomic E-state index is -2.98. The van der Waals surface area contributed by atoms with Crippen LogP contribution in [0.4, 0.5) is 19.0 Å². The highest BCUT2D eigenvalue weighted by Gasteiger charge is 2.33. The third-order valence-electron chi connectivity index (χ3n) is 5.64. The number of alkyl halides is 2. The number of amides is 1. The van der Waals surface area contributed by atoms with Crippen molar-refractivity contribution in [3.8, 4) is 11.4 Å². The third kappa shape index (κ3) is 4.69. The zero-order valence-electron chi connectivity index (χ0n) is 18.6. The number of nitrogens with one attached hydrogen (secondary N) is 3. The zero-order valence-corrected chi connectivity index (χ0v) is 18.6. The Balaban J connectivity index is 1.70. The average molecular weight is 458 g/mol. The van der Waals surface area contributed by atoms with Crippen LogP contribution in [0, 0.1) is 5.82 Å². The Kier molecular flexibility index (Phi) is 5.85. The van der Waals surface area contributed by atoms with E-state index in [0.717, 1.165) is 18.2 Å². The quantitative estimate of drug-likeness (QED) is 0.486. The smallest absolute Gasteiger partial charge is 0.264 e. The molecule has 174 valence electrons. The number of hydrogen-bond donors (Lipinski definition) is 3. The van der Waals surface area contributed by atoms with E-state index in [9.17, 15) is 18.0 Å². The maximum atomic E-state index is 13.8. The molecule has 1 aliphatic carbocycles. The fourth-order valence-electron chi connectivity index (χ4n) is 3.60. The van der Waals surface area contributed by atoms with Crippen LogP contribution in [0.25, 0.3) is 28.5 Å². The van der Waals surface area contributed by atoms with Crippen molar-refractivity contribution in [3.63, 3.8) is 0 Å². The molecule has 10 heteroatoms. The number of allylic oxidation sites excluding steroid dienone is 1. The van der Waals surface area contributed by atoms with Crippen molar-refractivity contribution in [2.24, 2.45) is 0 Å². The first-order valence-electron chi connectivity index (χ1n) is 10.7. The van der Waals surface area contributed by atoms with Gasteiger partial charge in [-0.2, -0.15) is 0 Å². The van der Waals surface area contributed by atoms with E-state index in [4.69, 9.17) is 0 Å². The van der Waals surface area contributed by atoms with E-state index < -0.39 is 29.7 Å². The number of halogens is 3. The van der Waals surface area contributed by atoms with Gasteiger partial charge in [0.25, 0.3) is 5.92 Å². The summed E-state index contributed by atoms with van der Waals surface area (Å²) in [4.78, 5) is 29.0. The van der Waals surface area contributed by atoms with Gasteiger partial charge >= 0.3 is 0 Å². The standard InChI is InChI=1S/C23H25F3N6O/c1-4-23(25,26)12-29-21(33)22(2,3)32-20-14-7-5-6-8-17(14)30-19(31-20)16-11-28-18-15(16)9-13(24)10-27-18/h6,8-11H,4-5,7,12H2,1-3H3,(H,27,28)(H,29,33)(H,30,31,32). The molecule has 4 rings (SSSR count). The molecular weight excluding hydrogens is 433 g/mol. The Labute approximate surface area is 188 Å². The van der Waals surface area contributed by atoms with Gasteiger partial charge in [0.15, 0.2) is 5.82 Å². The van der Waals surface area contributed by atoms with Gasteiger partial charge in [-0.25, -0.2) is 28.1 Å². The Hall–Kier alpha value is -3.43. The fourth-order valence-corrected chi connectivity index (χ4v) is 3.60. The van der Waals surface area contributed by atoms with Crippen LogP contribution in [0.2, 0.25) is 0 Å². The highest BCUT2D eigenvalue weighted by atomic mass is 19.3. The van der Waals surface area contributed by atoms with Crippen molar-refractivity contribution in [2.45, 2.75) is 51.5 Å². The van der Waals surface area contributed by atoms with E-state index in [1.54, 1.807) is 20.0 Å². The lowest BCUT2D eigenvalue weighted by atomic mass is 9.99. The number of H-pyrrole nitrogens is 1. The van der Waals surface area contributed by atoms with Crippen LogP contribution in [0.5, 0.6) is 0 Å². The number of anilines is 1. The largest absolute Gasteiger partial charge is 0.356 e. The summed E-state index contributed by atoms with van der Waals surface area (Å²) in [5.41, 5.74) is 1.34. The van der Waals surface area contributed by atoms with Crippen LogP contribution in [0.1, 0.15) is 44.9 Å². The van der Waals surface area contributed by atoms with Crippen LogP contribution in [-0.4, -0.2) is 43.8 Å². The summed E-state index contributed by atoms with van der Waals surface area (Å²) in [6, 6.07) is 1.35. The van der Waals surface area contributed by atoms with E-state index in [0.29, 0.717) is 40.4 Å². The summed E-state index contributed by atoms with van der Waals surface area (Å²) in [6.07, 6.45) is 7.71. The molecule has 0 spiro atoms. The Morgan fingerprint density at radius 2 is 2.06 bits per heavy atom. The molecule has 0 atom stereocenters. The van der Waals surface area contributed by atoms with Crippen LogP contribution >= 0.6 is 0 Å². The number of fused-ring (bicyclic) bond motifs is 2. The zero-order chi connectivity index (χ0) is 23.8. The van der Waals surface area contributed by atoms with Gasteiger partial charge in [0.1, 0.15) is 22.8 Å². The van der Waals surface area contributed by atoms with Gasteiger partial charge in [0.2, 0.25) is 5.91 Å². The summed E-state index contributed by atoms with van der Waals surface area (Å²) in [5.74, 6) is -3.28. The number of carbonyl (C=O) groups is 1. The molecule has 0 aliphatic heterocycles. The monoisotopic (exact) mass is 458 g/mol. The molecule has 3 aromatic rings. The lowest BCUT2D eigenvalue weighted by Crippen LogP contribution is -2.51. The molecule has 0 radical (unpaired) electrons. The number of nitrogens with zero attached hydrogens (tertiary/aromatic N) is 3. The van der Waals surface area contributed by atoms with Crippen molar-refractivity contribution in [2.75, 3.05) is 11.9 Å². The third-order valence-corrected chi connectivity index (χ3v) is 5.64. The number of hydrogen-bond acceptors (Lipinski definition) is 5. The first-order valence-corrected chi connectivity index (χ1v) is 10.7. The minimum absolute atomic E-state index is 0.329. The fraction of sp³-hybridized carbons (Fsp3) is 0.391. The normalized spacial score (nSPS) is 13.8. The first kappa shape index (κ1) is 22.8. The van der Waals surface area contributed by atoms with Gasteiger partial charge in [0, 0.05) is 29.1 Å². The molecule has 7 nitrogen and oxygen atoms in total. The number of aromatic amines is 1. The van der Waals surface area contributed by atoms with Gasteiger partial charge in [0.05, 0.1) is 18.4 Å². The number of aromatic nitrogens is 4. The molecule has 3 aromatic heterocycles. The van der Waals surface area contributed by atoms with Crippen LogP contribution < -0.4 is 10.6 Å². The minimum Gasteiger partial charge on any atom is -0.356 e. The highest BCUT2D eigenvalue weighted by Crippen LogP contribution is 2.32. The molecule has 33 heavy (non-hydrogen) atoms. The second-order valence-corrected chi connectivity index (χ2v) is 8.59. The predicted molar refractivity (Wildman–Crippen MR) is 120 cm³/mol. The molecule has 0 saturated heterocycles. The summed E-state index contributed by atoms with van der Waals surface area (Å²) in [5, 5.41) is 5.97. The van der Waals surface area contributed by atoms with Crippen molar-refractivity contribution < 1.29 is 18.0 Å². The maximum Gasteiger partial charge on any atom is 0.264 e. The van der Waals surface area contributed by atoms with E-state index in [1.165, 1.54) is 13.0 Å². The Morgan fingerprint density at radius 3 is 2.82 bits per heavy atom. The molecule has 1 aliphatic rings. The number of rotatable bonds is 7. The maximum absolute atomic E-state index is 13.8. The van der Waals surface area contributed by atoms with Gasteiger partial charge in [-0.1, -0.05) is 13.0 Å². The van der Waals surface area contributed by atoms with Crippen LogP contribution in [0.3, 0.4) is 0 Å². The Bertz CT molecular complexity index is 1230. The van der Waals surface area contributed by atoms with Crippen molar-refractivity contribution in [1.82, 2.24) is 25.3 Å². The summed E-state index contributed by atoms with van der Waals surface area (Å²) < 4.78 is 41.1. The molecule has 0 aromatic carbocycles. The van der Waals surface area contributed by atoms with Crippen molar-refractivity contribution in [1.29, 1.82) is 0 Å². The molecule has 0 bridgehead atoms. The van der Waals surface area contributed by atoms with E-state index >= 15 is 0 Å². The molecule has 0 saturated carbocycles. The second-order valence-electron chi connectivity index (χ2n) is 8.59. The number of pyridine rings is 1. The van der Waals surface area contributed by atoms with Crippen LogP contribution in [-0.2, 0) is 11.2 Å². The van der Waals surface area contributed by atoms with Crippen molar-refractivity contribution in [3.05, 3.63) is 41.6 Å². The van der Waals surface area contributed by atoms with Gasteiger partial charge in [-0.15, -0.1) is 0 Å². The average Bonchev–Trinajstić information content (AvgIpc) is 3.20. The summed E-state index contributed by atoms with van der Waals surface area (Å²) in [6.45, 7) is 3.83. The molecule has 3 N–H and O–H groups in total. The lowest BCUT2D eigenvalue weighted by molar-refractivity contribution is -0.126. The molecule has 1 amide bonds. The summed E-state index contributed by atoms with van der Waals surface area (Å²) in [7, 11) is 0. The van der Waals surface area contributed by atoms with E-state index in [-0.39, 0.29) is 6.42 Å². The lowest BCUT2D eigenvalue weighted by Gasteiger charge is -2.29. The van der Waals surface area contributed by atoms with Crippen LogP contribution in [0.15, 0.2) is 24.5 Å². The van der Waals surface area contributed by atoms with Gasteiger partial charge < -0.3 is 15.6 Å². The molecule has 3 heterocycles. The molecular formula is C23H25F3N6O. The van der Waals surface area contributed by atoms with Crippen molar-refractivity contribution >= 4 is 28.8 Å². The van der Waals surface area contributed by atoms with Gasteiger partial charge in [-0.3, -0.25) is 4.79 Å². The SMILES string of the molecule is CCC(F)(F)CNC(=O)C(C)(C)Nc1nc(-c2c[nH]c3ncc(F)cc23)nc2c1CCC=C2.